The van der Waals surface area contributed by atoms with Crippen LogP contribution in [0.2, 0.25) is 0 Å². The van der Waals surface area contributed by atoms with Gasteiger partial charge in [-0.3, -0.25) is 9.59 Å². The van der Waals surface area contributed by atoms with E-state index in [1.807, 2.05) is 29.8 Å². The Kier molecular flexibility index (Phi) is 6.86. The van der Waals surface area contributed by atoms with E-state index in [0.29, 0.717) is 25.2 Å². The van der Waals surface area contributed by atoms with Gasteiger partial charge in [0.2, 0.25) is 11.8 Å². The van der Waals surface area contributed by atoms with E-state index in [-0.39, 0.29) is 30.1 Å². The number of hydrogen-bond donors (Lipinski definition) is 0. The SMILES string of the molecule is CCCN(CC(=O)N1CCn2cccc2C1c1ccccc1F)C(=O)C(C)(C)CCl. The third-order valence-corrected chi connectivity index (χ3v) is 6.25. The average Bonchev–Trinajstić information content (AvgIpc) is 3.21. The number of alkyl halides is 1. The predicted octanol–water partition coefficient (Wildman–Crippen LogP) is 4.06. The van der Waals surface area contributed by atoms with Gasteiger partial charge in [0, 0.05) is 43.0 Å². The zero-order chi connectivity index (χ0) is 21.9. The van der Waals surface area contributed by atoms with Gasteiger partial charge in [-0.15, -0.1) is 11.6 Å². The van der Waals surface area contributed by atoms with E-state index in [1.54, 1.807) is 41.8 Å². The Balaban J connectivity index is 1.91. The number of benzene rings is 1. The molecule has 0 radical (unpaired) electrons. The van der Waals surface area contributed by atoms with Gasteiger partial charge in [-0.05, 0) is 38.5 Å². The van der Waals surface area contributed by atoms with Crippen molar-refractivity contribution in [3.05, 3.63) is 59.7 Å². The van der Waals surface area contributed by atoms with Crippen molar-refractivity contribution in [1.29, 1.82) is 0 Å². The zero-order valence-corrected chi connectivity index (χ0v) is 18.5. The molecule has 0 aliphatic carbocycles. The normalized spacial score (nSPS) is 16.3. The van der Waals surface area contributed by atoms with Crippen molar-refractivity contribution in [3.63, 3.8) is 0 Å². The largest absolute Gasteiger partial charge is 0.348 e. The zero-order valence-electron chi connectivity index (χ0n) is 17.8. The molecule has 0 saturated heterocycles. The van der Waals surface area contributed by atoms with E-state index in [0.717, 1.165) is 12.1 Å². The molecule has 1 aliphatic heterocycles. The van der Waals surface area contributed by atoms with Gasteiger partial charge < -0.3 is 14.4 Å². The molecule has 0 fully saturated rings. The highest BCUT2D eigenvalue weighted by molar-refractivity contribution is 6.19. The van der Waals surface area contributed by atoms with Crippen LogP contribution >= 0.6 is 11.6 Å². The molecule has 2 amide bonds. The van der Waals surface area contributed by atoms with E-state index in [1.165, 1.54) is 6.07 Å². The lowest BCUT2D eigenvalue weighted by atomic mass is 9.94. The van der Waals surface area contributed by atoms with Crippen LogP contribution in [0, 0.1) is 11.2 Å². The number of carbonyl (C=O) groups is 2. The minimum atomic E-state index is -0.751. The second kappa shape index (κ2) is 9.21. The Bertz CT molecular complexity index is 911. The Labute approximate surface area is 182 Å². The predicted molar refractivity (Wildman–Crippen MR) is 116 cm³/mol. The van der Waals surface area contributed by atoms with E-state index in [2.05, 4.69) is 0 Å². The van der Waals surface area contributed by atoms with Crippen LogP contribution in [0.3, 0.4) is 0 Å². The molecule has 0 saturated carbocycles. The van der Waals surface area contributed by atoms with Crippen LogP contribution in [0.4, 0.5) is 4.39 Å². The highest BCUT2D eigenvalue weighted by Gasteiger charge is 2.37. The van der Waals surface area contributed by atoms with Crippen molar-refractivity contribution in [2.45, 2.75) is 39.8 Å². The Hall–Kier alpha value is -2.34. The van der Waals surface area contributed by atoms with Gasteiger partial charge in [-0.1, -0.05) is 25.1 Å². The van der Waals surface area contributed by atoms with Crippen molar-refractivity contribution in [1.82, 2.24) is 14.4 Å². The van der Waals surface area contributed by atoms with Crippen LogP contribution < -0.4 is 0 Å². The first-order valence-corrected chi connectivity index (χ1v) is 10.9. The van der Waals surface area contributed by atoms with Gasteiger partial charge in [-0.25, -0.2) is 4.39 Å². The van der Waals surface area contributed by atoms with Crippen LogP contribution in [-0.4, -0.2) is 51.7 Å². The second-order valence-corrected chi connectivity index (χ2v) is 8.65. The lowest BCUT2D eigenvalue weighted by Gasteiger charge is -2.39. The van der Waals surface area contributed by atoms with Gasteiger partial charge in [0.1, 0.15) is 11.9 Å². The second-order valence-electron chi connectivity index (χ2n) is 8.38. The summed E-state index contributed by atoms with van der Waals surface area (Å²) in [5.41, 5.74) is 0.576. The third-order valence-electron chi connectivity index (χ3n) is 5.58. The van der Waals surface area contributed by atoms with E-state index in [4.69, 9.17) is 11.6 Å². The minimum Gasteiger partial charge on any atom is -0.348 e. The van der Waals surface area contributed by atoms with Crippen LogP contribution in [-0.2, 0) is 16.1 Å². The summed E-state index contributed by atoms with van der Waals surface area (Å²) in [6.07, 6.45) is 2.68. The molecule has 1 aromatic carbocycles. The van der Waals surface area contributed by atoms with Gasteiger partial charge in [0.25, 0.3) is 0 Å². The molecule has 2 aromatic rings. The number of rotatable bonds is 7. The molecule has 7 heteroatoms. The molecule has 0 N–H and O–H groups in total. The summed E-state index contributed by atoms with van der Waals surface area (Å²) in [5.74, 6) is -0.506. The lowest BCUT2D eigenvalue weighted by Crippen LogP contribution is -2.50. The summed E-state index contributed by atoms with van der Waals surface area (Å²) in [5, 5.41) is 0. The average molecular weight is 434 g/mol. The number of halogens is 2. The highest BCUT2D eigenvalue weighted by atomic mass is 35.5. The summed E-state index contributed by atoms with van der Waals surface area (Å²) in [4.78, 5) is 29.6. The van der Waals surface area contributed by atoms with Crippen LogP contribution in [0.5, 0.6) is 0 Å². The molecule has 1 unspecified atom stereocenters. The molecule has 0 spiro atoms. The highest BCUT2D eigenvalue weighted by Crippen LogP contribution is 2.34. The fourth-order valence-electron chi connectivity index (χ4n) is 3.94. The molecule has 162 valence electrons. The van der Waals surface area contributed by atoms with Gasteiger partial charge in [-0.2, -0.15) is 0 Å². The van der Waals surface area contributed by atoms with Gasteiger partial charge >= 0.3 is 0 Å². The summed E-state index contributed by atoms with van der Waals surface area (Å²) < 4.78 is 16.7. The number of nitrogens with zero attached hydrogens (tertiary/aromatic N) is 3. The molecule has 0 bridgehead atoms. The number of hydrogen-bond acceptors (Lipinski definition) is 2. The molecular weight excluding hydrogens is 405 g/mol. The maximum absolute atomic E-state index is 14.7. The standard InChI is InChI=1S/C23H29ClFN3O2/c1-4-11-27(22(30)23(2,3)16-24)15-20(29)28-14-13-26-12-7-10-19(26)21(28)17-8-5-6-9-18(17)25/h5-10,12,21H,4,11,13-16H2,1-3H3. The molecule has 1 aliphatic rings. The minimum absolute atomic E-state index is 0.0430. The van der Waals surface area contributed by atoms with Crippen molar-refractivity contribution >= 4 is 23.4 Å². The topological polar surface area (TPSA) is 45.6 Å². The Morgan fingerprint density at radius 2 is 1.93 bits per heavy atom. The van der Waals surface area contributed by atoms with E-state index in [9.17, 15) is 14.0 Å². The maximum atomic E-state index is 14.7. The Morgan fingerprint density at radius 1 is 1.20 bits per heavy atom. The molecular formula is C23H29ClFN3O2. The van der Waals surface area contributed by atoms with Crippen molar-refractivity contribution < 1.29 is 14.0 Å². The van der Waals surface area contributed by atoms with Gasteiger partial charge in [0.05, 0.1) is 12.0 Å². The summed E-state index contributed by atoms with van der Waals surface area (Å²) in [7, 11) is 0. The van der Waals surface area contributed by atoms with Crippen LogP contribution in [0.15, 0.2) is 42.6 Å². The number of amides is 2. The fourth-order valence-corrected chi connectivity index (χ4v) is 4.05. The summed E-state index contributed by atoms with van der Waals surface area (Å²) in [6.45, 7) is 7.05. The molecule has 5 nitrogen and oxygen atoms in total. The monoisotopic (exact) mass is 433 g/mol. The van der Waals surface area contributed by atoms with Crippen molar-refractivity contribution in [2.75, 3.05) is 25.5 Å². The summed E-state index contributed by atoms with van der Waals surface area (Å²) in [6, 6.07) is 9.85. The number of fused-ring (bicyclic) bond motifs is 1. The quantitative estimate of drug-likeness (QED) is 0.618. The Morgan fingerprint density at radius 3 is 2.60 bits per heavy atom. The van der Waals surface area contributed by atoms with Gasteiger partial charge in [0.15, 0.2) is 0 Å². The molecule has 2 heterocycles. The first-order valence-electron chi connectivity index (χ1n) is 10.3. The lowest BCUT2D eigenvalue weighted by molar-refractivity contribution is -0.146. The van der Waals surface area contributed by atoms with Crippen molar-refractivity contribution in [2.24, 2.45) is 5.41 Å². The maximum Gasteiger partial charge on any atom is 0.243 e. The van der Waals surface area contributed by atoms with E-state index < -0.39 is 11.5 Å². The molecule has 1 aromatic heterocycles. The molecule has 1 atom stereocenters. The third kappa shape index (κ3) is 4.38. The summed E-state index contributed by atoms with van der Waals surface area (Å²) >= 11 is 5.99. The van der Waals surface area contributed by atoms with E-state index >= 15 is 0 Å². The molecule has 3 rings (SSSR count). The first-order chi connectivity index (χ1) is 14.3. The van der Waals surface area contributed by atoms with Crippen LogP contribution in [0.1, 0.15) is 44.5 Å². The smallest absolute Gasteiger partial charge is 0.243 e. The van der Waals surface area contributed by atoms with Crippen LogP contribution in [0.25, 0.3) is 0 Å². The number of carbonyl (C=O) groups excluding carboxylic acids is 2. The molecule has 30 heavy (non-hydrogen) atoms. The van der Waals surface area contributed by atoms with Crippen molar-refractivity contribution in [3.8, 4) is 0 Å². The first kappa shape index (κ1) is 22.3. The number of aromatic nitrogens is 1. The fraction of sp³-hybridized carbons (Fsp3) is 0.478.